The van der Waals surface area contributed by atoms with Gasteiger partial charge in [-0.05, 0) is 46.4 Å². The Morgan fingerprint density at radius 2 is 0.643 bits per heavy atom. The van der Waals surface area contributed by atoms with Crippen molar-refractivity contribution < 1.29 is 0 Å². The van der Waals surface area contributed by atoms with E-state index in [4.69, 9.17) is 0 Å². The predicted octanol–water partition coefficient (Wildman–Crippen LogP) is 6.26. The van der Waals surface area contributed by atoms with Crippen LogP contribution in [-0.2, 0) is 0 Å². The van der Waals surface area contributed by atoms with Gasteiger partial charge in [-0.25, -0.2) is 0 Å². The van der Waals surface area contributed by atoms with Gasteiger partial charge in [-0.15, -0.1) is 0 Å². The van der Waals surface area contributed by atoms with Gasteiger partial charge in [0, 0.05) is 0 Å². The maximum absolute atomic E-state index is 2.16. The summed E-state index contributed by atoms with van der Waals surface area (Å²) in [4.78, 5) is 0. The molecule has 1 rings (SSSR count). The summed E-state index contributed by atoms with van der Waals surface area (Å²) in [5, 5.41) is 0. The molecule has 0 amide bonds. The van der Waals surface area contributed by atoms with E-state index in [1.165, 1.54) is 32.8 Å². The second-order valence-corrected chi connectivity index (χ2v) is 5.75. The van der Waals surface area contributed by atoms with E-state index >= 15 is 0 Å². The van der Waals surface area contributed by atoms with Gasteiger partial charge >= 0.3 is 0 Å². The molecule has 1 aromatic heterocycles. The Morgan fingerprint density at radius 3 is 0.929 bits per heavy atom. The fourth-order valence-corrected chi connectivity index (χ4v) is 3.27. The minimum absolute atomic E-state index is 1.25. The molecule has 0 spiro atoms. The van der Waals surface area contributed by atoms with E-state index in [-0.39, 0.29) is 0 Å². The molecule has 0 aromatic carbocycles. The van der Waals surface area contributed by atoms with Crippen LogP contribution in [0, 0.1) is 0 Å². The molecule has 0 bridgehead atoms. The van der Waals surface area contributed by atoms with Crippen LogP contribution in [0.25, 0.3) is 0 Å². The SMILES string of the molecule is c1cpccpcccpccpc1. The van der Waals surface area contributed by atoms with E-state index in [1.807, 2.05) is 0 Å². The Morgan fingerprint density at radius 1 is 0.357 bits per heavy atom. The summed E-state index contributed by atoms with van der Waals surface area (Å²) in [5.74, 6) is 17.2. The van der Waals surface area contributed by atoms with E-state index in [0.717, 1.165) is 0 Å². The van der Waals surface area contributed by atoms with E-state index in [0.29, 0.717) is 0 Å². The molecular formula is C10H10P4. The fourth-order valence-electron chi connectivity index (χ4n) is 0.628. The van der Waals surface area contributed by atoms with E-state index < -0.39 is 0 Å². The first-order valence-corrected chi connectivity index (χ1v) is 8.20. The number of hydrogen-bond donors (Lipinski definition) is 0. The van der Waals surface area contributed by atoms with E-state index in [2.05, 4.69) is 58.5 Å². The molecule has 1 aromatic rings. The van der Waals surface area contributed by atoms with Gasteiger partial charge in [-0.3, -0.25) is 0 Å². The molecule has 0 atom stereocenters. The molecule has 0 fully saturated rings. The molecule has 0 saturated carbocycles. The van der Waals surface area contributed by atoms with Crippen LogP contribution in [0.5, 0.6) is 0 Å². The first-order valence-electron chi connectivity index (χ1n) is 4.07. The highest BCUT2D eigenvalue weighted by molar-refractivity contribution is 7.32. The molecule has 0 nitrogen and oxygen atoms in total. The second kappa shape index (κ2) is 9.45. The molecular weight excluding hydrogens is 244 g/mol. The Kier molecular flexibility index (Phi) is 8.09. The third-order valence-corrected chi connectivity index (χ3v) is 4.30. The van der Waals surface area contributed by atoms with Gasteiger partial charge in [-0.1, -0.05) is 44.9 Å². The second-order valence-electron chi connectivity index (χ2n) is 2.17. The van der Waals surface area contributed by atoms with Crippen molar-refractivity contribution in [2.75, 3.05) is 0 Å². The molecule has 0 aliphatic heterocycles. The smallest absolute Gasteiger partial charge is 0.0301 e. The van der Waals surface area contributed by atoms with Crippen molar-refractivity contribution >= 4 is 32.8 Å². The molecule has 1 heterocycles. The van der Waals surface area contributed by atoms with Crippen molar-refractivity contribution in [1.29, 1.82) is 0 Å². The normalized spacial score (nSPS) is 10.3. The van der Waals surface area contributed by atoms with Gasteiger partial charge in [0.2, 0.25) is 0 Å². The molecule has 0 radical (unpaired) electrons. The van der Waals surface area contributed by atoms with Crippen molar-refractivity contribution in [3.8, 4) is 0 Å². The molecule has 0 N–H and O–H groups in total. The summed E-state index contributed by atoms with van der Waals surface area (Å²) < 4.78 is 0. The lowest BCUT2D eigenvalue weighted by atomic mass is 10.8. The summed E-state index contributed by atoms with van der Waals surface area (Å²) in [6.07, 6.45) is 0. The number of rotatable bonds is 0. The fraction of sp³-hybridized carbons (Fsp3) is 0. The van der Waals surface area contributed by atoms with Gasteiger partial charge in [-0.2, -0.15) is 0 Å². The maximum atomic E-state index is 2.16. The third-order valence-electron chi connectivity index (χ3n) is 1.17. The first kappa shape index (κ1) is 12.0. The third kappa shape index (κ3) is 7.32. The van der Waals surface area contributed by atoms with Crippen LogP contribution in [0.2, 0.25) is 0 Å². The Labute approximate surface area is 91.5 Å². The van der Waals surface area contributed by atoms with Gasteiger partial charge in [0.25, 0.3) is 0 Å². The summed E-state index contributed by atoms with van der Waals surface area (Å²) in [6, 6.07) is 4.22. The minimum atomic E-state index is 1.25. The predicted molar refractivity (Wildman–Crippen MR) is 71.8 cm³/mol. The highest BCUT2D eigenvalue weighted by Crippen LogP contribution is 2.06. The van der Waals surface area contributed by atoms with Crippen molar-refractivity contribution in [3.05, 3.63) is 58.5 Å². The monoisotopic (exact) mass is 254 g/mol. The largest absolute Gasteiger partial charge is 0.0761 e. The molecule has 14 heavy (non-hydrogen) atoms. The lowest BCUT2D eigenvalue weighted by Gasteiger charge is -1.68. The van der Waals surface area contributed by atoms with Crippen LogP contribution >= 0.6 is 32.8 Å². The summed E-state index contributed by atoms with van der Waals surface area (Å²) >= 11 is 0. The van der Waals surface area contributed by atoms with Crippen molar-refractivity contribution in [2.24, 2.45) is 0 Å². The first-order chi connectivity index (χ1) is 7.00. The Bertz CT molecular complexity index is 225. The topological polar surface area (TPSA) is 0 Å². The Balaban J connectivity index is 3.00. The van der Waals surface area contributed by atoms with Crippen molar-refractivity contribution in [2.45, 2.75) is 0 Å². The molecule has 0 aliphatic carbocycles. The van der Waals surface area contributed by atoms with Gasteiger partial charge in [0.15, 0.2) is 0 Å². The van der Waals surface area contributed by atoms with E-state index in [1.54, 1.807) is 0 Å². The van der Waals surface area contributed by atoms with Gasteiger partial charge < -0.3 is 0 Å². The Hall–Kier alpha value is -0.100. The minimum Gasteiger partial charge on any atom is -0.0761 e. The van der Waals surface area contributed by atoms with Gasteiger partial charge in [0.1, 0.15) is 0 Å². The summed E-state index contributed by atoms with van der Waals surface area (Å²) in [6.45, 7) is 0. The van der Waals surface area contributed by atoms with Crippen LogP contribution in [0.4, 0.5) is 0 Å². The highest BCUT2D eigenvalue weighted by Gasteiger charge is 1.60. The zero-order valence-electron chi connectivity index (χ0n) is 7.56. The molecule has 0 unspecified atom stereocenters. The van der Waals surface area contributed by atoms with E-state index in [9.17, 15) is 0 Å². The van der Waals surface area contributed by atoms with Crippen molar-refractivity contribution in [1.82, 2.24) is 0 Å². The molecule has 4 heteroatoms. The maximum Gasteiger partial charge on any atom is -0.0301 e. The standard InChI is InChI=1S/C10H10P4/c1-3-11-7-9-13-5-2-6-14-10-8-12-4-1/h1-10H. The van der Waals surface area contributed by atoms with Crippen LogP contribution in [-0.4, -0.2) is 0 Å². The highest BCUT2D eigenvalue weighted by atomic mass is 31.0. The number of hydrogen-bond acceptors (Lipinski definition) is 0. The summed E-state index contributed by atoms with van der Waals surface area (Å²) in [5.41, 5.74) is 0. The quantitative estimate of drug-likeness (QED) is 0.512. The van der Waals surface area contributed by atoms with Crippen molar-refractivity contribution in [3.63, 3.8) is 0 Å². The molecule has 70 valence electrons. The average molecular weight is 254 g/mol. The van der Waals surface area contributed by atoms with Crippen LogP contribution in [0.15, 0.2) is 58.5 Å². The lowest BCUT2D eigenvalue weighted by Crippen LogP contribution is -1.32. The lowest BCUT2D eigenvalue weighted by molar-refractivity contribution is 2.09. The average Bonchev–Trinajstić information content (AvgIpc) is 2.22. The van der Waals surface area contributed by atoms with Crippen LogP contribution < -0.4 is 0 Å². The summed E-state index contributed by atoms with van der Waals surface area (Å²) in [7, 11) is 5.01. The van der Waals surface area contributed by atoms with Crippen LogP contribution in [0.1, 0.15) is 0 Å². The zero-order chi connectivity index (χ0) is 9.90. The zero-order valence-corrected chi connectivity index (χ0v) is 11.1. The van der Waals surface area contributed by atoms with Crippen LogP contribution in [0.3, 0.4) is 0 Å². The van der Waals surface area contributed by atoms with Gasteiger partial charge in [0.05, 0.1) is 0 Å². The molecule has 0 saturated heterocycles. The molecule has 0 aliphatic rings.